The number of likely N-dealkylation sites (tertiary alicyclic amines) is 1. The first-order chi connectivity index (χ1) is 12.5. The van der Waals surface area contributed by atoms with Gasteiger partial charge in [0.25, 0.3) is 5.91 Å². The second kappa shape index (κ2) is 9.67. The summed E-state index contributed by atoms with van der Waals surface area (Å²) in [5.41, 5.74) is 0.564. The Bertz CT molecular complexity index is 578. The lowest BCUT2D eigenvalue weighted by Crippen LogP contribution is -2.32. The molecule has 1 amide bonds. The minimum Gasteiger partial charge on any atom is -0.490 e. The van der Waals surface area contributed by atoms with Crippen molar-refractivity contribution in [2.75, 3.05) is 53.6 Å². The Morgan fingerprint density at radius 1 is 1.12 bits per heavy atom. The Kier molecular flexibility index (Phi) is 7.57. The van der Waals surface area contributed by atoms with Crippen LogP contribution in [0.1, 0.15) is 37.6 Å². The number of carbonyl (C=O) groups is 1. The summed E-state index contributed by atoms with van der Waals surface area (Å²) in [6.45, 7) is 10.1. The van der Waals surface area contributed by atoms with Crippen LogP contribution in [0.3, 0.4) is 0 Å². The van der Waals surface area contributed by atoms with Crippen LogP contribution in [-0.2, 0) is 0 Å². The predicted octanol–water partition coefficient (Wildman–Crippen LogP) is 2.91. The van der Waals surface area contributed by atoms with Crippen LogP contribution < -0.4 is 14.2 Å². The van der Waals surface area contributed by atoms with Gasteiger partial charge >= 0.3 is 0 Å². The molecular weight excluding hydrogens is 332 g/mol. The fourth-order valence-corrected chi connectivity index (χ4v) is 3.38. The molecule has 0 radical (unpaired) electrons. The number of benzene rings is 1. The molecule has 1 heterocycles. The molecule has 1 aliphatic rings. The Labute approximate surface area is 157 Å². The molecule has 0 aliphatic carbocycles. The van der Waals surface area contributed by atoms with Crippen LogP contribution in [0.4, 0.5) is 0 Å². The molecule has 1 aromatic carbocycles. The summed E-state index contributed by atoms with van der Waals surface area (Å²) in [4.78, 5) is 17.1. The first-order valence-corrected chi connectivity index (χ1v) is 9.50. The second-order valence-electron chi connectivity index (χ2n) is 6.70. The maximum Gasteiger partial charge on any atom is 0.253 e. The smallest absolute Gasteiger partial charge is 0.253 e. The highest BCUT2D eigenvalue weighted by Crippen LogP contribution is 2.39. The van der Waals surface area contributed by atoms with Gasteiger partial charge in [0.1, 0.15) is 0 Å². The van der Waals surface area contributed by atoms with E-state index in [9.17, 15) is 4.79 Å². The van der Waals surface area contributed by atoms with E-state index in [2.05, 4.69) is 11.9 Å². The molecule has 1 atom stereocenters. The van der Waals surface area contributed by atoms with Crippen molar-refractivity contribution < 1.29 is 19.0 Å². The van der Waals surface area contributed by atoms with Gasteiger partial charge in [0.05, 0.1) is 19.8 Å². The average Bonchev–Trinajstić information content (AvgIpc) is 3.02. The molecule has 1 saturated heterocycles. The van der Waals surface area contributed by atoms with Gasteiger partial charge in [0.2, 0.25) is 5.75 Å². The number of ether oxygens (including phenoxy) is 3. The van der Waals surface area contributed by atoms with E-state index in [0.29, 0.717) is 48.6 Å². The van der Waals surface area contributed by atoms with Crippen molar-refractivity contribution in [3.63, 3.8) is 0 Å². The third-order valence-corrected chi connectivity index (χ3v) is 4.52. The fourth-order valence-electron chi connectivity index (χ4n) is 3.38. The summed E-state index contributed by atoms with van der Waals surface area (Å²) in [5, 5.41) is 0. The Morgan fingerprint density at radius 2 is 1.69 bits per heavy atom. The molecule has 2 rings (SSSR count). The van der Waals surface area contributed by atoms with Crippen LogP contribution in [0.25, 0.3) is 0 Å². The average molecular weight is 364 g/mol. The first-order valence-electron chi connectivity index (χ1n) is 9.50. The highest BCUT2D eigenvalue weighted by molar-refractivity contribution is 5.95. The maximum absolute atomic E-state index is 13.0. The number of hydrogen-bond donors (Lipinski definition) is 0. The molecule has 0 N–H and O–H groups in total. The lowest BCUT2D eigenvalue weighted by atomic mass is 10.1. The standard InChI is InChI=1S/C20H32N2O4/c1-6-24-17-11-16(12-18(25-7-2)19(17)26-8-3)20(23)22(5)14-15-9-10-21(4)13-15/h11-12,15H,6-10,13-14H2,1-5H3. The van der Waals surface area contributed by atoms with Gasteiger partial charge in [-0.25, -0.2) is 0 Å². The number of carbonyl (C=O) groups excluding carboxylic acids is 1. The molecule has 26 heavy (non-hydrogen) atoms. The summed E-state index contributed by atoms with van der Waals surface area (Å²) in [7, 11) is 3.98. The van der Waals surface area contributed by atoms with Gasteiger partial charge in [-0.15, -0.1) is 0 Å². The van der Waals surface area contributed by atoms with Crippen LogP contribution in [0, 0.1) is 5.92 Å². The molecule has 0 aromatic heterocycles. The van der Waals surface area contributed by atoms with E-state index in [0.717, 1.165) is 26.1 Å². The van der Waals surface area contributed by atoms with E-state index in [4.69, 9.17) is 14.2 Å². The van der Waals surface area contributed by atoms with Crippen molar-refractivity contribution in [3.8, 4) is 17.2 Å². The topological polar surface area (TPSA) is 51.2 Å². The molecule has 0 saturated carbocycles. The van der Waals surface area contributed by atoms with Gasteiger partial charge in [0.15, 0.2) is 11.5 Å². The Balaban J connectivity index is 2.24. The van der Waals surface area contributed by atoms with Crippen LogP contribution in [0.2, 0.25) is 0 Å². The van der Waals surface area contributed by atoms with Gasteiger partial charge in [-0.05, 0) is 58.8 Å². The van der Waals surface area contributed by atoms with Crippen molar-refractivity contribution in [3.05, 3.63) is 17.7 Å². The van der Waals surface area contributed by atoms with E-state index < -0.39 is 0 Å². The summed E-state index contributed by atoms with van der Waals surface area (Å²) in [5.74, 6) is 2.17. The molecule has 1 unspecified atom stereocenters. The monoisotopic (exact) mass is 364 g/mol. The third-order valence-electron chi connectivity index (χ3n) is 4.52. The Hall–Kier alpha value is -1.95. The minimum absolute atomic E-state index is 0.0236. The van der Waals surface area contributed by atoms with E-state index in [1.807, 2.05) is 27.8 Å². The highest BCUT2D eigenvalue weighted by atomic mass is 16.5. The highest BCUT2D eigenvalue weighted by Gasteiger charge is 2.25. The lowest BCUT2D eigenvalue weighted by molar-refractivity contribution is 0.0773. The molecule has 146 valence electrons. The van der Waals surface area contributed by atoms with Crippen LogP contribution >= 0.6 is 0 Å². The SMILES string of the molecule is CCOc1cc(C(=O)N(C)CC2CCN(C)C2)cc(OCC)c1OCC. The molecule has 0 spiro atoms. The molecule has 0 bridgehead atoms. The van der Waals surface area contributed by atoms with Gasteiger partial charge in [0, 0.05) is 25.7 Å². The summed E-state index contributed by atoms with van der Waals surface area (Å²) in [6.07, 6.45) is 1.13. The van der Waals surface area contributed by atoms with Crippen molar-refractivity contribution >= 4 is 5.91 Å². The van der Waals surface area contributed by atoms with E-state index in [1.165, 1.54) is 0 Å². The zero-order valence-electron chi connectivity index (χ0n) is 16.7. The van der Waals surface area contributed by atoms with Gasteiger partial charge in [-0.3, -0.25) is 4.79 Å². The lowest BCUT2D eigenvalue weighted by Gasteiger charge is -2.23. The maximum atomic E-state index is 13.0. The van der Waals surface area contributed by atoms with Crippen LogP contribution in [0.5, 0.6) is 17.2 Å². The molecule has 1 aliphatic heterocycles. The van der Waals surface area contributed by atoms with E-state index in [1.54, 1.807) is 17.0 Å². The largest absolute Gasteiger partial charge is 0.490 e. The zero-order valence-corrected chi connectivity index (χ0v) is 16.7. The minimum atomic E-state index is -0.0236. The van der Waals surface area contributed by atoms with Gasteiger partial charge < -0.3 is 24.0 Å². The van der Waals surface area contributed by atoms with Gasteiger partial charge in [-0.2, -0.15) is 0 Å². The second-order valence-corrected chi connectivity index (χ2v) is 6.70. The summed E-state index contributed by atoms with van der Waals surface area (Å²) < 4.78 is 17.1. The molecular formula is C20H32N2O4. The number of rotatable bonds is 9. The number of amides is 1. The van der Waals surface area contributed by atoms with Crippen molar-refractivity contribution in [2.45, 2.75) is 27.2 Å². The quantitative estimate of drug-likeness (QED) is 0.674. The number of nitrogens with zero attached hydrogens (tertiary/aromatic N) is 2. The van der Waals surface area contributed by atoms with Crippen molar-refractivity contribution in [1.29, 1.82) is 0 Å². The fraction of sp³-hybridized carbons (Fsp3) is 0.650. The van der Waals surface area contributed by atoms with Crippen molar-refractivity contribution in [1.82, 2.24) is 9.80 Å². The molecule has 6 heteroatoms. The van der Waals surface area contributed by atoms with Crippen LogP contribution in [0.15, 0.2) is 12.1 Å². The molecule has 6 nitrogen and oxygen atoms in total. The first kappa shape index (κ1) is 20.4. The van der Waals surface area contributed by atoms with E-state index >= 15 is 0 Å². The summed E-state index contributed by atoms with van der Waals surface area (Å²) in [6, 6.07) is 3.52. The number of hydrogen-bond acceptors (Lipinski definition) is 5. The third kappa shape index (κ3) is 5.04. The van der Waals surface area contributed by atoms with Crippen molar-refractivity contribution in [2.24, 2.45) is 5.92 Å². The predicted molar refractivity (Wildman–Crippen MR) is 103 cm³/mol. The molecule has 1 fully saturated rings. The Morgan fingerprint density at radius 3 is 2.15 bits per heavy atom. The molecule has 1 aromatic rings. The summed E-state index contributed by atoms with van der Waals surface area (Å²) >= 11 is 0. The normalized spacial score (nSPS) is 17.2. The van der Waals surface area contributed by atoms with Crippen LogP contribution in [-0.4, -0.2) is 69.3 Å². The van der Waals surface area contributed by atoms with Gasteiger partial charge in [-0.1, -0.05) is 0 Å². The zero-order chi connectivity index (χ0) is 19.1. The van der Waals surface area contributed by atoms with E-state index in [-0.39, 0.29) is 5.91 Å².